The van der Waals surface area contributed by atoms with E-state index in [1.807, 2.05) is 36.1 Å². The van der Waals surface area contributed by atoms with E-state index in [-0.39, 0.29) is 18.6 Å². The summed E-state index contributed by atoms with van der Waals surface area (Å²) in [6.07, 6.45) is 0. The predicted octanol–water partition coefficient (Wildman–Crippen LogP) is 3.20. The summed E-state index contributed by atoms with van der Waals surface area (Å²) in [4.78, 5) is 38.2. The standard InChI is InChI=1S/C22H26N6O4S/c1-3-31-15-7-5-14(6-8-15)24-22(30)28-11-9-27(10-12-28)18-17-16(20(29)32-4-2)13-33-19(17)26-21(23)25-18/h5-8,13H,3-4,9-12H2,1-2H3,(H,24,30)(H2,23,25,26). The van der Waals surface area contributed by atoms with Crippen molar-refractivity contribution >= 4 is 51.0 Å². The summed E-state index contributed by atoms with van der Waals surface area (Å²) in [5.74, 6) is 1.08. The summed E-state index contributed by atoms with van der Waals surface area (Å²) in [5, 5.41) is 5.28. The molecule has 10 nitrogen and oxygen atoms in total. The van der Waals surface area contributed by atoms with Crippen LogP contribution in [0.1, 0.15) is 24.2 Å². The van der Waals surface area contributed by atoms with Gasteiger partial charge in [0.25, 0.3) is 0 Å². The highest BCUT2D eigenvalue weighted by Gasteiger charge is 2.27. The number of ether oxygens (including phenoxy) is 2. The van der Waals surface area contributed by atoms with E-state index in [4.69, 9.17) is 15.2 Å². The number of hydrogen-bond acceptors (Lipinski definition) is 9. The second kappa shape index (κ2) is 9.90. The van der Waals surface area contributed by atoms with Gasteiger partial charge >= 0.3 is 12.0 Å². The number of nitrogens with zero attached hydrogens (tertiary/aromatic N) is 4. The summed E-state index contributed by atoms with van der Waals surface area (Å²) in [6.45, 7) is 6.63. The van der Waals surface area contributed by atoms with Crippen LogP contribution in [0.3, 0.4) is 0 Å². The highest BCUT2D eigenvalue weighted by Crippen LogP contribution is 2.33. The van der Waals surface area contributed by atoms with Crippen LogP contribution in [0, 0.1) is 0 Å². The fourth-order valence-corrected chi connectivity index (χ4v) is 4.56. The second-order valence-corrected chi connectivity index (χ2v) is 8.18. The number of carbonyl (C=O) groups excluding carboxylic acids is 2. The van der Waals surface area contributed by atoms with Crippen molar-refractivity contribution in [3.05, 3.63) is 35.2 Å². The van der Waals surface area contributed by atoms with Crippen molar-refractivity contribution in [3.63, 3.8) is 0 Å². The Morgan fingerprint density at radius 3 is 2.48 bits per heavy atom. The molecule has 0 radical (unpaired) electrons. The van der Waals surface area contributed by atoms with E-state index in [0.717, 1.165) is 5.75 Å². The molecule has 1 fully saturated rings. The third-order valence-corrected chi connectivity index (χ3v) is 6.08. The van der Waals surface area contributed by atoms with Crippen molar-refractivity contribution < 1.29 is 19.1 Å². The van der Waals surface area contributed by atoms with Gasteiger partial charge in [0.15, 0.2) is 0 Å². The van der Waals surface area contributed by atoms with Gasteiger partial charge in [0.05, 0.1) is 24.2 Å². The number of carbonyl (C=O) groups is 2. The van der Waals surface area contributed by atoms with Crippen LogP contribution in [0.4, 0.5) is 22.2 Å². The third-order valence-electron chi connectivity index (χ3n) is 5.21. The number of rotatable bonds is 6. The van der Waals surface area contributed by atoms with Gasteiger partial charge in [0.1, 0.15) is 16.4 Å². The molecule has 3 aromatic rings. The normalized spacial score (nSPS) is 13.8. The molecule has 33 heavy (non-hydrogen) atoms. The fraction of sp³-hybridized carbons (Fsp3) is 0.364. The van der Waals surface area contributed by atoms with Gasteiger partial charge in [0, 0.05) is 37.2 Å². The third kappa shape index (κ3) is 4.92. The van der Waals surface area contributed by atoms with E-state index in [1.54, 1.807) is 17.2 Å². The minimum absolute atomic E-state index is 0.144. The zero-order valence-corrected chi connectivity index (χ0v) is 19.4. The Hall–Kier alpha value is -3.60. The van der Waals surface area contributed by atoms with Crippen molar-refractivity contribution in [1.82, 2.24) is 14.9 Å². The lowest BCUT2D eigenvalue weighted by Crippen LogP contribution is -2.50. The number of hydrogen-bond donors (Lipinski definition) is 2. The number of benzene rings is 1. The first-order chi connectivity index (χ1) is 16.0. The fourth-order valence-electron chi connectivity index (χ4n) is 3.65. The molecule has 0 unspecified atom stereocenters. The van der Waals surface area contributed by atoms with Crippen LogP contribution in [-0.2, 0) is 4.74 Å². The van der Waals surface area contributed by atoms with Crippen molar-refractivity contribution in [2.45, 2.75) is 13.8 Å². The minimum Gasteiger partial charge on any atom is -0.494 e. The molecule has 0 aliphatic carbocycles. The SMILES string of the molecule is CCOC(=O)c1csc2nc(N)nc(N3CCN(C(=O)Nc4ccc(OCC)cc4)CC3)c12. The number of amides is 2. The van der Waals surface area contributed by atoms with Gasteiger partial charge in [-0.25, -0.2) is 14.6 Å². The molecule has 1 saturated heterocycles. The maximum absolute atomic E-state index is 12.7. The van der Waals surface area contributed by atoms with Gasteiger partial charge in [0.2, 0.25) is 5.95 Å². The van der Waals surface area contributed by atoms with E-state index in [2.05, 4.69) is 15.3 Å². The summed E-state index contributed by atoms with van der Waals surface area (Å²) < 4.78 is 10.6. The summed E-state index contributed by atoms with van der Waals surface area (Å²) in [5.41, 5.74) is 7.06. The first-order valence-electron chi connectivity index (χ1n) is 10.8. The van der Waals surface area contributed by atoms with Crippen LogP contribution < -0.4 is 20.7 Å². The van der Waals surface area contributed by atoms with Crippen molar-refractivity contribution in [2.24, 2.45) is 0 Å². The minimum atomic E-state index is -0.410. The maximum atomic E-state index is 12.7. The smallest absolute Gasteiger partial charge is 0.339 e. The van der Waals surface area contributed by atoms with E-state index in [9.17, 15) is 9.59 Å². The Bertz CT molecular complexity index is 1140. The zero-order chi connectivity index (χ0) is 23.4. The van der Waals surface area contributed by atoms with Gasteiger partial charge in [-0.15, -0.1) is 11.3 Å². The Morgan fingerprint density at radius 1 is 1.09 bits per heavy atom. The summed E-state index contributed by atoms with van der Waals surface area (Å²) >= 11 is 1.33. The van der Waals surface area contributed by atoms with E-state index >= 15 is 0 Å². The van der Waals surface area contributed by atoms with Crippen LogP contribution >= 0.6 is 11.3 Å². The Labute approximate surface area is 195 Å². The molecule has 11 heteroatoms. The molecule has 1 aromatic carbocycles. The van der Waals surface area contributed by atoms with Crippen LogP contribution in [0.15, 0.2) is 29.6 Å². The van der Waals surface area contributed by atoms with Gasteiger partial charge in [-0.3, -0.25) is 0 Å². The first-order valence-corrected chi connectivity index (χ1v) is 11.6. The summed E-state index contributed by atoms with van der Waals surface area (Å²) in [6, 6.07) is 7.10. The van der Waals surface area contributed by atoms with Crippen molar-refractivity contribution in [3.8, 4) is 5.75 Å². The number of nitrogens with two attached hydrogens (primary N) is 1. The quantitative estimate of drug-likeness (QED) is 0.527. The molecule has 2 aromatic heterocycles. The topological polar surface area (TPSA) is 123 Å². The molecule has 2 amide bonds. The second-order valence-electron chi connectivity index (χ2n) is 7.32. The number of thiophene rings is 1. The largest absolute Gasteiger partial charge is 0.494 e. The molecular formula is C22H26N6O4S. The predicted molar refractivity (Wildman–Crippen MR) is 128 cm³/mol. The van der Waals surface area contributed by atoms with Crippen LogP contribution in [0.25, 0.3) is 10.2 Å². The molecule has 0 saturated carbocycles. The molecule has 0 bridgehead atoms. The number of esters is 1. The molecule has 1 aliphatic rings. The van der Waals surface area contributed by atoms with E-state index in [1.165, 1.54) is 11.3 Å². The highest BCUT2D eigenvalue weighted by atomic mass is 32.1. The average molecular weight is 471 g/mol. The molecular weight excluding hydrogens is 444 g/mol. The van der Waals surface area contributed by atoms with E-state index in [0.29, 0.717) is 60.1 Å². The monoisotopic (exact) mass is 470 g/mol. The van der Waals surface area contributed by atoms with Gasteiger partial charge < -0.3 is 30.3 Å². The lowest BCUT2D eigenvalue weighted by atomic mass is 10.2. The Balaban J connectivity index is 1.45. The maximum Gasteiger partial charge on any atom is 0.339 e. The molecule has 1 aliphatic heterocycles. The van der Waals surface area contributed by atoms with Gasteiger partial charge in [-0.1, -0.05) is 0 Å². The van der Waals surface area contributed by atoms with E-state index < -0.39 is 5.97 Å². The van der Waals surface area contributed by atoms with Gasteiger partial charge in [-0.05, 0) is 38.1 Å². The first kappa shape index (κ1) is 22.6. The molecule has 4 rings (SSSR count). The number of nitrogen functional groups attached to an aromatic ring is 1. The van der Waals surface area contributed by atoms with Crippen LogP contribution in [0.5, 0.6) is 5.75 Å². The summed E-state index contributed by atoms with van der Waals surface area (Å²) in [7, 11) is 0. The van der Waals surface area contributed by atoms with Crippen LogP contribution in [-0.4, -0.2) is 66.3 Å². The Kier molecular flexibility index (Phi) is 6.78. The van der Waals surface area contributed by atoms with Gasteiger partial charge in [-0.2, -0.15) is 4.98 Å². The number of urea groups is 1. The Morgan fingerprint density at radius 2 is 1.82 bits per heavy atom. The number of nitrogens with one attached hydrogen (secondary N) is 1. The molecule has 0 atom stereocenters. The zero-order valence-electron chi connectivity index (χ0n) is 18.5. The molecule has 174 valence electrons. The number of aromatic nitrogens is 2. The number of fused-ring (bicyclic) bond motifs is 1. The molecule has 0 spiro atoms. The van der Waals surface area contributed by atoms with Crippen molar-refractivity contribution in [2.75, 3.05) is 55.3 Å². The lowest BCUT2D eigenvalue weighted by Gasteiger charge is -2.35. The molecule has 3 heterocycles. The number of piperazine rings is 1. The highest BCUT2D eigenvalue weighted by molar-refractivity contribution is 7.17. The lowest BCUT2D eigenvalue weighted by molar-refractivity contribution is 0.0529. The molecule has 3 N–H and O–H groups in total. The average Bonchev–Trinajstić information content (AvgIpc) is 3.24. The van der Waals surface area contributed by atoms with Crippen LogP contribution in [0.2, 0.25) is 0 Å². The number of anilines is 3. The van der Waals surface area contributed by atoms with Crippen molar-refractivity contribution in [1.29, 1.82) is 0 Å².